The molecule has 2 fully saturated rings. The van der Waals surface area contributed by atoms with Crippen molar-refractivity contribution in [1.82, 2.24) is 15.1 Å². The molecule has 0 atom stereocenters. The summed E-state index contributed by atoms with van der Waals surface area (Å²) in [7, 11) is 0. The highest BCUT2D eigenvalue weighted by Crippen LogP contribution is 2.39. The Morgan fingerprint density at radius 2 is 2.38 bits per heavy atom. The lowest BCUT2D eigenvalue weighted by Gasteiger charge is -2.41. The minimum atomic E-state index is -0.759. The van der Waals surface area contributed by atoms with Gasteiger partial charge in [-0.05, 0) is 18.9 Å². The Morgan fingerprint density at radius 3 is 2.88 bits per heavy atom. The van der Waals surface area contributed by atoms with E-state index in [1.807, 2.05) is 16.9 Å². The number of hydrogen-bond donors (Lipinski definition) is 2. The van der Waals surface area contributed by atoms with Gasteiger partial charge in [0.05, 0.1) is 17.7 Å². The van der Waals surface area contributed by atoms with Crippen molar-refractivity contribution in [2.24, 2.45) is 0 Å². The van der Waals surface area contributed by atoms with Crippen molar-refractivity contribution >= 4 is 5.97 Å². The molecule has 3 rings (SSSR count). The van der Waals surface area contributed by atoms with E-state index in [9.17, 15) is 4.79 Å². The SMILES string of the molecule is O=C(O)CC1(n2ccc(C3CC3)n2)CNC1. The van der Waals surface area contributed by atoms with Crippen LogP contribution in [0.2, 0.25) is 0 Å². The predicted octanol–water partition coefficient (Wildman–Crippen LogP) is 0.534. The molecule has 1 aromatic heterocycles. The number of aliphatic carboxylic acids is 1. The molecular formula is C11H15N3O2. The Balaban J connectivity index is 1.84. The van der Waals surface area contributed by atoms with Gasteiger partial charge in [-0.1, -0.05) is 0 Å². The summed E-state index contributed by atoms with van der Waals surface area (Å²) in [6.45, 7) is 1.40. The Hall–Kier alpha value is -1.36. The van der Waals surface area contributed by atoms with E-state index in [2.05, 4.69) is 10.4 Å². The first kappa shape index (κ1) is 9.84. The van der Waals surface area contributed by atoms with E-state index in [1.165, 1.54) is 12.8 Å². The van der Waals surface area contributed by atoms with Gasteiger partial charge in [0.2, 0.25) is 0 Å². The third kappa shape index (κ3) is 1.51. The van der Waals surface area contributed by atoms with Crippen LogP contribution in [0.15, 0.2) is 12.3 Å². The molecule has 5 nitrogen and oxygen atoms in total. The van der Waals surface area contributed by atoms with E-state index in [4.69, 9.17) is 5.11 Å². The van der Waals surface area contributed by atoms with Crippen LogP contribution in [0, 0.1) is 0 Å². The number of carbonyl (C=O) groups is 1. The average molecular weight is 221 g/mol. The van der Waals surface area contributed by atoms with Crippen LogP contribution in [-0.4, -0.2) is 33.9 Å². The number of hydrogen-bond acceptors (Lipinski definition) is 3. The molecule has 0 aromatic carbocycles. The molecule has 2 N–H and O–H groups in total. The zero-order valence-electron chi connectivity index (χ0n) is 9.02. The molecule has 1 aromatic rings. The van der Waals surface area contributed by atoms with Gasteiger partial charge in [-0.25, -0.2) is 0 Å². The molecule has 0 unspecified atom stereocenters. The molecule has 0 spiro atoms. The quantitative estimate of drug-likeness (QED) is 0.778. The topological polar surface area (TPSA) is 67.1 Å². The zero-order chi connectivity index (χ0) is 11.2. The second-order valence-corrected chi connectivity index (χ2v) is 4.86. The van der Waals surface area contributed by atoms with Crippen LogP contribution in [-0.2, 0) is 10.3 Å². The van der Waals surface area contributed by atoms with Crippen LogP contribution in [0.25, 0.3) is 0 Å². The van der Waals surface area contributed by atoms with Crippen molar-refractivity contribution in [2.75, 3.05) is 13.1 Å². The molecule has 1 saturated carbocycles. The average Bonchev–Trinajstić information content (AvgIpc) is 2.91. The summed E-state index contributed by atoms with van der Waals surface area (Å²) in [5, 5.41) is 16.6. The van der Waals surface area contributed by atoms with E-state index >= 15 is 0 Å². The van der Waals surface area contributed by atoms with Crippen LogP contribution in [0.4, 0.5) is 0 Å². The minimum Gasteiger partial charge on any atom is -0.481 e. The highest BCUT2D eigenvalue weighted by Gasteiger charge is 2.42. The van der Waals surface area contributed by atoms with E-state index in [1.54, 1.807) is 0 Å². The largest absolute Gasteiger partial charge is 0.481 e. The van der Waals surface area contributed by atoms with E-state index in [-0.39, 0.29) is 12.0 Å². The van der Waals surface area contributed by atoms with Gasteiger partial charge in [0.25, 0.3) is 0 Å². The third-order valence-corrected chi connectivity index (χ3v) is 3.48. The molecule has 1 saturated heterocycles. The van der Waals surface area contributed by atoms with Gasteiger partial charge in [0.15, 0.2) is 0 Å². The predicted molar refractivity (Wildman–Crippen MR) is 57.3 cm³/mol. The maximum absolute atomic E-state index is 10.9. The Morgan fingerprint density at radius 1 is 1.62 bits per heavy atom. The Bertz CT molecular complexity index is 419. The summed E-state index contributed by atoms with van der Waals surface area (Å²) in [5.41, 5.74) is 0.788. The first-order valence-electron chi connectivity index (χ1n) is 5.68. The lowest BCUT2D eigenvalue weighted by molar-refractivity contribution is -0.140. The van der Waals surface area contributed by atoms with Crippen molar-refractivity contribution in [3.05, 3.63) is 18.0 Å². The third-order valence-electron chi connectivity index (χ3n) is 3.48. The molecule has 1 aliphatic carbocycles. The molecular weight excluding hydrogens is 206 g/mol. The summed E-state index contributed by atoms with van der Waals surface area (Å²) in [5.74, 6) is -0.138. The Kier molecular flexibility index (Phi) is 2.04. The van der Waals surface area contributed by atoms with Crippen molar-refractivity contribution in [1.29, 1.82) is 0 Å². The first-order valence-corrected chi connectivity index (χ1v) is 5.68. The smallest absolute Gasteiger partial charge is 0.305 e. The van der Waals surface area contributed by atoms with E-state index in [0.29, 0.717) is 19.0 Å². The maximum atomic E-state index is 10.9. The lowest BCUT2D eigenvalue weighted by atomic mass is 9.89. The molecule has 0 bridgehead atoms. The lowest BCUT2D eigenvalue weighted by Crippen LogP contribution is -2.61. The van der Waals surface area contributed by atoms with Gasteiger partial charge in [-0.3, -0.25) is 9.48 Å². The standard InChI is InChI=1S/C11H15N3O2/c15-10(16)5-11(6-12-7-11)14-4-3-9(13-14)8-1-2-8/h3-4,8,12H,1-2,5-7H2,(H,15,16). The van der Waals surface area contributed by atoms with E-state index in [0.717, 1.165) is 5.69 Å². The minimum absolute atomic E-state index is 0.145. The maximum Gasteiger partial charge on any atom is 0.305 e. The zero-order valence-corrected chi connectivity index (χ0v) is 9.02. The molecule has 16 heavy (non-hydrogen) atoms. The fourth-order valence-corrected chi connectivity index (χ4v) is 2.26. The highest BCUT2D eigenvalue weighted by atomic mass is 16.4. The summed E-state index contributed by atoms with van der Waals surface area (Å²) in [6.07, 6.45) is 4.52. The summed E-state index contributed by atoms with van der Waals surface area (Å²) in [6, 6.07) is 2.03. The number of nitrogens with one attached hydrogen (secondary N) is 1. The molecule has 2 aliphatic rings. The summed E-state index contributed by atoms with van der Waals surface area (Å²) >= 11 is 0. The highest BCUT2D eigenvalue weighted by molar-refractivity contribution is 5.68. The van der Waals surface area contributed by atoms with Gasteiger partial charge in [0.1, 0.15) is 0 Å². The monoisotopic (exact) mass is 221 g/mol. The molecule has 1 aliphatic heterocycles. The number of rotatable bonds is 4. The van der Waals surface area contributed by atoms with Gasteiger partial charge >= 0.3 is 5.97 Å². The van der Waals surface area contributed by atoms with Gasteiger partial charge in [-0.2, -0.15) is 5.10 Å². The van der Waals surface area contributed by atoms with Crippen molar-refractivity contribution in [2.45, 2.75) is 30.7 Å². The van der Waals surface area contributed by atoms with Gasteiger partial charge < -0.3 is 10.4 Å². The number of nitrogens with zero attached hydrogens (tertiary/aromatic N) is 2. The van der Waals surface area contributed by atoms with Gasteiger partial charge in [-0.15, -0.1) is 0 Å². The van der Waals surface area contributed by atoms with Crippen LogP contribution in [0.1, 0.15) is 30.9 Å². The van der Waals surface area contributed by atoms with Crippen LogP contribution in [0.3, 0.4) is 0 Å². The molecule has 0 radical (unpaired) electrons. The van der Waals surface area contributed by atoms with Crippen molar-refractivity contribution in [3.63, 3.8) is 0 Å². The second kappa shape index (κ2) is 3.31. The van der Waals surface area contributed by atoms with Crippen molar-refractivity contribution < 1.29 is 9.90 Å². The number of carboxylic acids is 1. The van der Waals surface area contributed by atoms with Gasteiger partial charge in [0, 0.05) is 25.2 Å². The fourth-order valence-electron chi connectivity index (χ4n) is 2.26. The summed E-state index contributed by atoms with van der Waals surface area (Å²) in [4.78, 5) is 10.9. The molecule has 0 amide bonds. The van der Waals surface area contributed by atoms with Crippen LogP contribution >= 0.6 is 0 Å². The summed E-state index contributed by atoms with van der Waals surface area (Å²) < 4.78 is 1.85. The molecule has 5 heteroatoms. The van der Waals surface area contributed by atoms with Crippen LogP contribution in [0.5, 0.6) is 0 Å². The fraction of sp³-hybridized carbons (Fsp3) is 0.636. The Labute approximate surface area is 93.5 Å². The van der Waals surface area contributed by atoms with Crippen molar-refractivity contribution in [3.8, 4) is 0 Å². The second-order valence-electron chi connectivity index (χ2n) is 4.86. The number of aromatic nitrogens is 2. The normalized spacial score (nSPS) is 22.8. The molecule has 2 heterocycles. The van der Waals surface area contributed by atoms with E-state index < -0.39 is 5.97 Å². The molecule has 86 valence electrons. The number of carboxylic acid groups (broad SMARTS) is 1. The van der Waals surface area contributed by atoms with Crippen LogP contribution < -0.4 is 5.32 Å². The first-order chi connectivity index (χ1) is 7.70.